The minimum Gasteiger partial charge on any atom is -0.354 e. The molecule has 2 N–H and O–H groups in total. The number of nitrogens with zero attached hydrogens (tertiary/aromatic N) is 3. The number of anilines is 1. The van der Waals surface area contributed by atoms with Gasteiger partial charge in [-0.15, -0.1) is 0 Å². The van der Waals surface area contributed by atoms with E-state index in [-0.39, 0.29) is 0 Å². The van der Waals surface area contributed by atoms with Gasteiger partial charge in [0.2, 0.25) is 0 Å². The van der Waals surface area contributed by atoms with Gasteiger partial charge in [-0.2, -0.15) is 0 Å². The Kier molecular flexibility index (Phi) is 5.03. The van der Waals surface area contributed by atoms with Gasteiger partial charge in [0.15, 0.2) is 0 Å². The minimum absolute atomic E-state index is 0.680. The van der Waals surface area contributed by atoms with E-state index in [0.29, 0.717) is 6.54 Å². The van der Waals surface area contributed by atoms with Gasteiger partial charge in [0.25, 0.3) is 0 Å². The summed E-state index contributed by atoms with van der Waals surface area (Å²) in [4.78, 5) is 9.46. The summed E-state index contributed by atoms with van der Waals surface area (Å²) in [6.07, 6.45) is 2.86. The fourth-order valence-electron chi connectivity index (χ4n) is 2.89. The highest BCUT2D eigenvalue weighted by Crippen LogP contribution is 2.15. The highest BCUT2D eigenvalue weighted by atomic mass is 15.3. The molecule has 0 amide bonds. The standard InChI is InChI=1S/C18H24N4/c19-9-8-16-6-7-18(20-14-16)22-12-10-21(11-13-22)15-17-4-2-1-3-5-17/h1-7,14H,8-13,15,19H2. The molecule has 0 unspecified atom stereocenters. The summed E-state index contributed by atoms with van der Waals surface area (Å²) in [6.45, 7) is 5.96. The van der Waals surface area contributed by atoms with E-state index in [2.05, 4.69) is 57.2 Å². The van der Waals surface area contributed by atoms with Crippen molar-refractivity contribution in [2.45, 2.75) is 13.0 Å². The van der Waals surface area contributed by atoms with Crippen molar-refractivity contribution in [2.75, 3.05) is 37.6 Å². The van der Waals surface area contributed by atoms with Crippen molar-refractivity contribution >= 4 is 5.82 Å². The van der Waals surface area contributed by atoms with Crippen LogP contribution in [0.2, 0.25) is 0 Å². The molecule has 0 spiro atoms. The second-order valence-electron chi connectivity index (χ2n) is 5.81. The summed E-state index contributed by atoms with van der Waals surface area (Å²) in [5.41, 5.74) is 8.18. The third-order valence-corrected chi connectivity index (χ3v) is 4.19. The highest BCUT2D eigenvalue weighted by Gasteiger charge is 2.17. The lowest BCUT2D eigenvalue weighted by Gasteiger charge is -2.35. The Bertz CT molecular complexity index is 559. The van der Waals surface area contributed by atoms with Crippen molar-refractivity contribution < 1.29 is 0 Å². The first kappa shape index (κ1) is 15.0. The maximum Gasteiger partial charge on any atom is 0.128 e. The van der Waals surface area contributed by atoms with E-state index >= 15 is 0 Å². The minimum atomic E-state index is 0.680. The molecule has 3 rings (SSSR count). The number of pyridine rings is 1. The van der Waals surface area contributed by atoms with Crippen molar-refractivity contribution in [2.24, 2.45) is 5.73 Å². The van der Waals surface area contributed by atoms with E-state index in [1.165, 1.54) is 11.1 Å². The van der Waals surface area contributed by atoms with Crippen molar-refractivity contribution in [3.05, 3.63) is 59.8 Å². The molecule has 116 valence electrons. The van der Waals surface area contributed by atoms with E-state index in [0.717, 1.165) is 45.0 Å². The van der Waals surface area contributed by atoms with Crippen molar-refractivity contribution in [3.8, 4) is 0 Å². The predicted octanol–water partition coefficient (Wildman–Crippen LogP) is 1.90. The van der Waals surface area contributed by atoms with Gasteiger partial charge in [0, 0.05) is 38.9 Å². The van der Waals surface area contributed by atoms with E-state index in [9.17, 15) is 0 Å². The molecule has 1 aliphatic heterocycles. The third-order valence-electron chi connectivity index (χ3n) is 4.19. The van der Waals surface area contributed by atoms with Gasteiger partial charge in [-0.05, 0) is 30.2 Å². The van der Waals surface area contributed by atoms with E-state index in [1.54, 1.807) is 0 Å². The van der Waals surface area contributed by atoms with E-state index in [4.69, 9.17) is 5.73 Å². The summed E-state index contributed by atoms with van der Waals surface area (Å²) < 4.78 is 0. The summed E-state index contributed by atoms with van der Waals surface area (Å²) >= 11 is 0. The lowest BCUT2D eigenvalue weighted by molar-refractivity contribution is 0.249. The Balaban J connectivity index is 1.53. The van der Waals surface area contributed by atoms with Crippen LogP contribution >= 0.6 is 0 Å². The molecule has 2 aromatic rings. The Labute approximate surface area is 132 Å². The fourth-order valence-corrected chi connectivity index (χ4v) is 2.89. The third kappa shape index (κ3) is 3.84. The van der Waals surface area contributed by atoms with Gasteiger partial charge in [-0.3, -0.25) is 4.90 Å². The molecular formula is C18H24N4. The van der Waals surface area contributed by atoms with E-state index < -0.39 is 0 Å². The molecule has 0 bridgehead atoms. The van der Waals surface area contributed by atoms with Gasteiger partial charge in [-0.25, -0.2) is 4.98 Å². The van der Waals surface area contributed by atoms with Crippen molar-refractivity contribution in [1.82, 2.24) is 9.88 Å². The summed E-state index contributed by atoms with van der Waals surface area (Å²) in [6, 6.07) is 15.0. The Hall–Kier alpha value is -1.91. The second kappa shape index (κ2) is 7.38. The number of piperazine rings is 1. The van der Waals surface area contributed by atoms with Crippen LogP contribution in [0, 0.1) is 0 Å². The molecule has 4 nitrogen and oxygen atoms in total. The number of nitrogens with two attached hydrogens (primary N) is 1. The zero-order valence-corrected chi connectivity index (χ0v) is 13.0. The SMILES string of the molecule is NCCc1ccc(N2CCN(Cc3ccccc3)CC2)nc1. The largest absolute Gasteiger partial charge is 0.354 e. The van der Waals surface area contributed by atoms with Crippen LogP contribution in [0.5, 0.6) is 0 Å². The molecule has 0 saturated carbocycles. The van der Waals surface area contributed by atoms with Gasteiger partial charge in [0.05, 0.1) is 0 Å². The molecule has 1 aromatic carbocycles. The highest BCUT2D eigenvalue weighted by molar-refractivity contribution is 5.40. The van der Waals surface area contributed by atoms with Gasteiger partial charge in [0.1, 0.15) is 5.82 Å². The maximum absolute atomic E-state index is 5.58. The monoisotopic (exact) mass is 296 g/mol. The first-order chi connectivity index (χ1) is 10.8. The van der Waals surface area contributed by atoms with Crippen LogP contribution in [-0.4, -0.2) is 42.6 Å². The molecule has 22 heavy (non-hydrogen) atoms. The smallest absolute Gasteiger partial charge is 0.128 e. The zero-order chi connectivity index (χ0) is 15.2. The molecule has 1 saturated heterocycles. The molecular weight excluding hydrogens is 272 g/mol. The average molecular weight is 296 g/mol. The van der Waals surface area contributed by atoms with Crippen LogP contribution in [0.15, 0.2) is 48.7 Å². The number of benzene rings is 1. The Morgan fingerprint density at radius 1 is 0.909 bits per heavy atom. The van der Waals surface area contributed by atoms with Gasteiger partial charge >= 0.3 is 0 Å². The quantitative estimate of drug-likeness (QED) is 0.915. The fraction of sp³-hybridized carbons (Fsp3) is 0.389. The Morgan fingerprint density at radius 2 is 1.68 bits per heavy atom. The topological polar surface area (TPSA) is 45.4 Å². The first-order valence-corrected chi connectivity index (χ1v) is 8.01. The normalized spacial score (nSPS) is 16.0. The molecule has 1 aliphatic rings. The van der Waals surface area contributed by atoms with Gasteiger partial charge in [-0.1, -0.05) is 36.4 Å². The van der Waals surface area contributed by atoms with E-state index in [1.807, 2.05) is 6.20 Å². The number of hydrogen-bond acceptors (Lipinski definition) is 4. The number of hydrogen-bond donors (Lipinski definition) is 1. The maximum atomic E-state index is 5.58. The molecule has 4 heteroatoms. The zero-order valence-electron chi connectivity index (χ0n) is 13.0. The lowest BCUT2D eigenvalue weighted by atomic mass is 10.2. The number of aromatic nitrogens is 1. The Morgan fingerprint density at radius 3 is 2.32 bits per heavy atom. The van der Waals surface area contributed by atoms with Crippen molar-refractivity contribution in [1.29, 1.82) is 0 Å². The van der Waals surface area contributed by atoms with Crippen LogP contribution in [-0.2, 0) is 13.0 Å². The average Bonchev–Trinajstić information content (AvgIpc) is 2.58. The lowest BCUT2D eigenvalue weighted by Crippen LogP contribution is -2.46. The van der Waals surface area contributed by atoms with Crippen LogP contribution < -0.4 is 10.6 Å². The van der Waals surface area contributed by atoms with Crippen LogP contribution in [0.4, 0.5) is 5.82 Å². The molecule has 2 heterocycles. The molecule has 1 aromatic heterocycles. The predicted molar refractivity (Wildman–Crippen MR) is 90.9 cm³/mol. The molecule has 0 radical (unpaired) electrons. The summed E-state index contributed by atoms with van der Waals surface area (Å²) in [7, 11) is 0. The summed E-state index contributed by atoms with van der Waals surface area (Å²) in [5, 5.41) is 0. The number of rotatable bonds is 5. The summed E-state index contributed by atoms with van der Waals surface area (Å²) in [5.74, 6) is 1.08. The first-order valence-electron chi connectivity index (χ1n) is 8.01. The molecule has 0 atom stereocenters. The molecule has 1 fully saturated rings. The van der Waals surface area contributed by atoms with Crippen LogP contribution in [0.3, 0.4) is 0 Å². The van der Waals surface area contributed by atoms with Crippen molar-refractivity contribution in [3.63, 3.8) is 0 Å². The van der Waals surface area contributed by atoms with Crippen LogP contribution in [0.25, 0.3) is 0 Å². The van der Waals surface area contributed by atoms with Crippen LogP contribution in [0.1, 0.15) is 11.1 Å². The molecule has 0 aliphatic carbocycles. The van der Waals surface area contributed by atoms with Gasteiger partial charge < -0.3 is 10.6 Å². The second-order valence-corrected chi connectivity index (χ2v) is 5.81.